The minimum absolute atomic E-state index is 0.847. The summed E-state index contributed by atoms with van der Waals surface area (Å²) in [5.74, 6) is 1.88. The molecule has 0 radical (unpaired) electrons. The van der Waals surface area contributed by atoms with Crippen LogP contribution in [0.1, 0.15) is 71.6 Å². The number of piperidine rings is 2. The fourth-order valence-electron chi connectivity index (χ4n) is 5.85. The van der Waals surface area contributed by atoms with E-state index in [1.165, 1.54) is 71.1 Å². The lowest BCUT2D eigenvalue weighted by atomic mass is 9.53. The first-order valence-electron chi connectivity index (χ1n) is 10.1. The Bertz CT molecular complexity index is 363. The summed E-state index contributed by atoms with van der Waals surface area (Å²) in [6.45, 7) is 10.3. The zero-order valence-electron chi connectivity index (χ0n) is 14.9. The molecule has 0 bridgehead atoms. The second-order valence-corrected chi connectivity index (χ2v) is 9.30. The summed E-state index contributed by atoms with van der Waals surface area (Å²) in [4.78, 5) is 5.69. The molecule has 0 aromatic rings. The molecule has 4 rings (SSSR count). The van der Waals surface area contributed by atoms with E-state index in [0.717, 1.165) is 29.3 Å². The normalized spacial score (nSPS) is 32.3. The van der Waals surface area contributed by atoms with Crippen molar-refractivity contribution in [3.05, 3.63) is 0 Å². The predicted octanol–water partition coefficient (Wildman–Crippen LogP) is 4.15. The summed E-state index contributed by atoms with van der Waals surface area (Å²) in [7, 11) is 0. The number of hydrogen-bond acceptors (Lipinski definition) is 2. The molecule has 4 aliphatic rings. The highest BCUT2D eigenvalue weighted by atomic mass is 15.2. The van der Waals surface area contributed by atoms with Gasteiger partial charge in [0.2, 0.25) is 0 Å². The Balaban J connectivity index is 1.20. The smallest absolute Gasteiger partial charge is 0.0120 e. The van der Waals surface area contributed by atoms with Gasteiger partial charge < -0.3 is 9.80 Å². The van der Waals surface area contributed by atoms with Crippen molar-refractivity contribution in [3.63, 3.8) is 0 Å². The Labute approximate surface area is 137 Å². The van der Waals surface area contributed by atoms with Gasteiger partial charge in [-0.25, -0.2) is 0 Å². The maximum Gasteiger partial charge on any atom is 0.0120 e. The molecular weight excluding hydrogens is 268 g/mol. The van der Waals surface area contributed by atoms with Crippen molar-refractivity contribution >= 4 is 0 Å². The quantitative estimate of drug-likeness (QED) is 0.773. The van der Waals surface area contributed by atoms with Crippen LogP contribution in [0.4, 0.5) is 0 Å². The Morgan fingerprint density at radius 2 is 1.32 bits per heavy atom. The highest BCUT2D eigenvalue weighted by Gasteiger charge is 2.50. The van der Waals surface area contributed by atoms with E-state index < -0.39 is 0 Å². The average Bonchev–Trinajstić information content (AvgIpc) is 2.45. The van der Waals surface area contributed by atoms with Crippen LogP contribution in [0, 0.1) is 17.3 Å². The molecule has 0 aromatic heterocycles. The average molecular weight is 305 g/mol. The third-order valence-corrected chi connectivity index (χ3v) is 7.80. The summed E-state index contributed by atoms with van der Waals surface area (Å²) in [6, 6.07) is 1.87. The van der Waals surface area contributed by atoms with Gasteiger partial charge in [0.25, 0.3) is 0 Å². The third-order valence-electron chi connectivity index (χ3n) is 7.80. The van der Waals surface area contributed by atoms with Crippen molar-refractivity contribution in [1.82, 2.24) is 9.80 Å². The predicted molar refractivity (Wildman–Crippen MR) is 93.0 cm³/mol. The van der Waals surface area contributed by atoms with Crippen molar-refractivity contribution in [1.29, 1.82) is 0 Å². The molecule has 0 N–H and O–H groups in total. The van der Waals surface area contributed by atoms with Crippen molar-refractivity contribution in [2.45, 2.75) is 83.7 Å². The van der Waals surface area contributed by atoms with Crippen LogP contribution < -0.4 is 0 Å². The molecule has 2 saturated carbocycles. The summed E-state index contributed by atoms with van der Waals surface area (Å²) in [5, 5.41) is 0. The van der Waals surface area contributed by atoms with E-state index in [4.69, 9.17) is 0 Å². The molecule has 2 aliphatic heterocycles. The zero-order chi connectivity index (χ0) is 15.2. The highest BCUT2D eigenvalue weighted by molar-refractivity contribution is 5.03. The van der Waals surface area contributed by atoms with Gasteiger partial charge >= 0.3 is 0 Å². The molecule has 22 heavy (non-hydrogen) atoms. The lowest BCUT2D eigenvalue weighted by Gasteiger charge is -2.58. The first-order chi connectivity index (χ1) is 10.7. The van der Waals surface area contributed by atoms with Gasteiger partial charge in [-0.2, -0.15) is 0 Å². The highest BCUT2D eigenvalue weighted by Crippen LogP contribution is 2.57. The van der Waals surface area contributed by atoms with Crippen LogP contribution in [0.15, 0.2) is 0 Å². The standard InChI is InChI=1S/C20H36N2/c1-16(2)17-4-10-21(11-5-17)18-6-12-22(13-7-18)19-14-20(15-19)8-3-9-20/h16-19H,3-15H2,1-2H3. The van der Waals surface area contributed by atoms with Gasteiger partial charge in [0.1, 0.15) is 0 Å². The molecule has 1 spiro atoms. The minimum Gasteiger partial charge on any atom is -0.300 e. The SMILES string of the molecule is CC(C)C1CCN(C2CCN(C3CC4(CCC4)C3)CC2)CC1. The lowest BCUT2D eigenvalue weighted by Crippen LogP contribution is -2.57. The van der Waals surface area contributed by atoms with Gasteiger partial charge in [0.05, 0.1) is 0 Å². The second kappa shape index (κ2) is 6.09. The van der Waals surface area contributed by atoms with Gasteiger partial charge in [-0.3, -0.25) is 0 Å². The van der Waals surface area contributed by atoms with E-state index in [1.54, 1.807) is 12.8 Å². The van der Waals surface area contributed by atoms with Gasteiger partial charge in [-0.05, 0) is 94.8 Å². The Kier molecular flexibility index (Phi) is 4.28. The van der Waals surface area contributed by atoms with Gasteiger partial charge in [0.15, 0.2) is 0 Å². The van der Waals surface area contributed by atoms with Crippen LogP contribution in [-0.4, -0.2) is 48.1 Å². The van der Waals surface area contributed by atoms with Crippen LogP contribution in [0.25, 0.3) is 0 Å². The van der Waals surface area contributed by atoms with E-state index >= 15 is 0 Å². The Morgan fingerprint density at radius 3 is 1.82 bits per heavy atom. The van der Waals surface area contributed by atoms with E-state index in [-0.39, 0.29) is 0 Å². The molecule has 2 heteroatoms. The Morgan fingerprint density at radius 1 is 0.773 bits per heavy atom. The lowest BCUT2D eigenvalue weighted by molar-refractivity contribution is -0.0673. The molecular formula is C20H36N2. The van der Waals surface area contributed by atoms with Crippen LogP contribution in [-0.2, 0) is 0 Å². The first kappa shape index (κ1) is 15.4. The van der Waals surface area contributed by atoms with Gasteiger partial charge in [-0.15, -0.1) is 0 Å². The first-order valence-corrected chi connectivity index (χ1v) is 10.1. The fraction of sp³-hybridized carbons (Fsp3) is 1.00. The van der Waals surface area contributed by atoms with Crippen molar-refractivity contribution < 1.29 is 0 Å². The number of rotatable bonds is 3. The molecule has 0 amide bonds. The van der Waals surface area contributed by atoms with E-state index in [0.29, 0.717) is 0 Å². The van der Waals surface area contributed by atoms with Crippen LogP contribution in [0.3, 0.4) is 0 Å². The molecule has 0 atom stereocenters. The van der Waals surface area contributed by atoms with Gasteiger partial charge in [-0.1, -0.05) is 20.3 Å². The second-order valence-electron chi connectivity index (χ2n) is 9.30. The molecule has 0 aromatic carbocycles. The molecule has 2 aliphatic carbocycles. The molecule has 4 fully saturated rings. The summed E-state index contributed by atoms with van der Waals surface area (Å²) in [5.41, 5.74) is 0.847. The molecule has 0 unspecified atom stereocenters. The van der Waals surface area contributed by atoms with Crippen LogP contribution >= 0.6 is 0 Å². The van der Waals surface area contributed by atoms with E-state index in [2.05, 4.69) is 23.6 Å². The fourth-order valence-corrected chi connectivity index (χ4v) is 5.85. The van der Waals surface area contributed by atoms with Gasteiger partial charge in [0, 0.05) is 12.1 Å². The minimum atomic E-state index is 0.847. The molecule has 2 heterocycles. The zero-order valence-corrected chi connectivity index (χ0v) is 14.9. The van der Waals surface area contributed by atoms with E-state index in [9.17, 15) is 0 Å². The third kappa shape index (κ3) is 2.86. The summed E-state index contributed by atoms with van der Waals surface area (Å²) >= 11 is 0. The summed E-state index contributed by atoms with van der Waals surface area (Å²) < 4.78 is 0. The maximum atomic E-state index is 2.85. The van der Waals surface area contributed by atoms with Crippen LogP contribution in [0.2, 0.25) is 0 Å². The van der Waals surface area contributed by atoms with Crippen LogP contribution in [0.5, 0.6) is 0 Å². The molecule has 126 valence electrons. The summed E-state index contributed by atoms with van der Waals surface area (Å²) in [6.07, 6.45) is 13.5. The Hall–Kier alpha value is -0.0800. The molecule has 2 nitrogen and oxygen atoms in total. The largest absolute Gasteiger partial charge is 0.300 e. The number of hydrogen-bond donors (Lipinski definition) is 0. The monoisotopic (exact) mass is 304 g/mol. The van der Waals surface area contributed by atoms with Crippen molar-refractivity contribution in [3.8, 4) is 0 Å². The number of nitrogens with zero attached hydrogens (tertiary/aromatic N) is 2. The topological polar surface area (TPSA) is 6.48 Å². The number of likely N-dealkylation sites (tertiary alicyclic amines) is 2. The maximum absolute atomic E-state index is 2.85. The van der Waals surface area contributed by atoms with Crippen molar-refractivity contribution in [2.75, 3.05) is 26.2 Å². The van der Waals surface area contributed by atoms with Crippen molar-refractivity contribution in [2.24, 2.45) is 17.3 Å². The molecule has 2 saturated heterocycles. The van der Waals surface area contributed by atoms with E-state index in [1.807, 2.05) is 0 Å².